The highest BCUT2D eigenvalue weighted by Gasteiger charge is 2.35. The van der Waals surface area contributed by atoms with Crippen molar-refractivity contribution in [1.82, 2.24) is 0 Å². The number of hydrogen-bond acceptors (Lipinski definition) is 4. The van der Waals surface area contributed by atoms with Crippen LogP contribution in [0.3, 0.4) is 0 Å². The van der Waals surface area contributed by atoms with Gasteiger partial charge in [0.25, 0.3) is 0 Å². The average molecular weight is 355 g/mol. The number of hydrogen-bond donors (Lipinski definition) is 2. The maximum Gasteiger partial charge on any atom is 0.229 e. The van der Waals surface area contributed by atoms with Crippen molar-refractivity contribution in [1.29, 1.82) is 5.26 Å². The van der Waals surface area contributed by atoms with E-state index in [4.69, 9.17) is 0 Å². The molecule has 0 saturated carbocycles. The molecule has 1 unspecified atom stereocenters. The van der Waals surface area contributed by atoms with E-state index in [0.29, 0.717) is 11.3 Å². The summed E-state index contributed by atoms with van der Waals surface area (Å²) in [5, 5.41) is 12.9. The number of anilines is 2. The summed E-state index contributed by atoms with van der Waals surface area (Å²) in [7, 11) is -3.37. The lowest BCUT2D eigenvalue weighted by Crippen LogP contribution is -2.32. The zero-order valence-electron chi connectivity index (χ0n) is 14.5. The molecule has 1 aliphatic heterocycles. The summed E-state index contributed by atoms with van der Waals surface area (Å²) in [5.41, 5.74) is 3.84. The van der Waals surface area contributed by atoms with E-state index in [0.717, 1.165) is 29.5 Å². The fourth-order valence-electron chi connectivity index (χ4n) is 3.49. The molecule has 0 aliphatic carbocycles. The van der Waals surface area contributed by atoms with Crippen LogP contribution < -0.4 is 10.0 Å². The van der Waals surface area contributed by atoms with Crippen molar-refractivity contribution >= 4 is 21.4 Å². The van der Waals surface area contributed by atoms with E-state index in [1.165, 1.54) is 0 Å². The molecule has 25 heavy (non-hydrogen) atoms. The molecule has 0 amide bonds. The maximum atomic E-state index is 11.7. The van der Waals surface area contributed by atoms with E-state index < -0.39 is 10.0 Å². The highest BCUT2D eigenvalue weighted by atomic mass is 32.2. The quantitative estimate of drug-likeness (QED) is 0.878. The molecule has 0 radical (unpaired) electrons. The van der Waals surface area contributed by atoms with Crippen molar-refractivity contribution in [2.24, 2.45) is 0 Å². The van der Waals surface area contributed by atoms with E-state index >= 15 is 0 Å². The van der Waals surface area contributed by atoms with Crippen LogP contribution in [0.2, 0.25) is 0 Å². The fourth-order valence-corrected chi connectivity index (χ4v) is 4.08. The summed E-state index contributed by atoms with van der Waals surface area (Å²) in [5.74, 6) is 0. The normalized spacial score (nSPS) is 18.6. The van der Waals surface area contributed by atoms with Crippen molar-refractivity contribution in [2.45, 2.75) is 31.7 Å². The number of sulfonamides is 1. The van der Waals surface area contributed by atoms with Gasteiger partial charge in [-0.15, -0.1) is 0 Å². The third-order valence-corrected chi connectivity index (χ3v) is 5.17. The second kappa shape index (κ2) is 6.08. The average Bonchev–Trinajstić information content (AvgIpc) is 2.52. The van der Waals surface area contributed by atoms with Crippen LogP contribution in [0, 0.1) is 11.3 Å². The van der Waals surface area contributed by atoms with Crippen molar-refractivity contribution < 1.29 is 8.42 Å². The molecular weight excluding hydrogens is 334 g/mol. The van der Waals surface area contributed by atoms with Crippen molar-refractivity contribution in [2.75, 3.05) is 16.3 Å². The highest BCUT2D eigenvalue weighted by Crippen LogP contribution is 2.46. The minimum atomic E-state index is -3.37. The highest BCUT2D eigenvalue weighted by molar-refractivity contribution is 7.92. The van der Waals surface area contributed by atoms with Crippen molar-refractivity contribution in [3.63, 3.8) is 0 Å². The first-order valence-electron chi connectivity index (χ1n) is 8.08. The Morgan fingerprint density at radius 1 is 1.20 bits per heavy atom. The summed E-state index contributed by atoms with van der Waals surface area (Å²) >= 11 is 0. The third kappa shape index (κ3) is 3.47. The Kier molecular flexibility index (Phi) is 4.21. The zero-order chi connectivity index (χ0) is 18.2. The molecule has 0 bridgehead atoms. The smallest absolute Gasteiger partial charge is 0.229 e. The van der Waals surface area contributed by atoms with Crippen LogP contribution in [-0.2, 0) is 15.4 Å². The Balaban J connectivity index is 2.08. The molecule has 0 saturated heterocycles. The number of para-hydroxylation sites is 2. The second-order valence-electron chi connectivity index (χ2n) is 7.09. The summed E-state index contributed by atoms with van der Waals surface area (Å²) in [6.45, 7) is 4.29. The lowest BCUT2D eigenvalue weighted by atomic mass is 9.73. The summed E-state index contributed by atoms with van der Waals surface area (Å²) in [6.07, 6.45) is 1.93. The Morgan fingerprint density at radius 3 is 2.60 bits per heavy atom. The SMILES string of the molecule is CC1(C)CC(c2ccccc2NS(C)(=O)=O)Nc2c(C#N)cccc21. The standard InChI is InChI=1S/C19H21N3O2S/c1-19(2)11-17(21-18-13(12-20)7-6-9-15(18)19)14-8-4-5-10-16(14)22-25(3,23)24/h4-10,17,21-22H,11H2,1-3H3. The summed E-state index contributed by atoms with van der Waals surface area (Å²) in [6, 6.07) is 15.3. The minimum absolute atomic E-state index is 0.0950. The Hall–Kier alpha value is -2.52. The lowest BCUT2D eigenvalue weighted by molar-refractivity contribution is 0.427. The molecule has 0 fully saturated rings. The van der Waals surface area contributed by atoms with E-state index in [1.54, 1.807) is 18.2 Å². The number of benzene rings is 2. The van der Waals surface area contributed by atoms with Crippen LogP contribution >= 0.6 is 0 Å². The Labute approximate surface area is 148 Å². The molecule has 1 aliphatic rings. The second-order valence-corrected chi connectivity index (χ2v) is 8.83. The van der Waals surface area contributed by atoms with Gasteiger partial charge in [-0.05, 0) is 35.1 Å². The predicted molar refractivity (Wildman–Crippen MR) is 100 cm³/mol. The molecule has 5 nitrogen and oxygen atoms in total. The van der Waals surface area contributed by atoms with Crippen LogP contribution in [0.4, 0.5) is 11.4 Å². The van der Waals surface area contributed by atoms with Gasteiger partial charge in [0, 0.05) is 0 Å². The van der Waals surface area contributed by atoms with Gasteiger partial charge in [-0.1, -0.05) is 44.2 Å². The summed E-state index contributed by atoms with van der Waals surface area (Å²) < 4.78 is 26.0. The van der Waals surface area contributed by atoms with Gasteiger partial charge in [0.2, 0.25) is 10.0 Å². The topological polar surface area (TPSA) is 82.0 Å². The Morgan fingerprint density at radius 2 is 1.92 bits per heavy atom. The Bertz CT molecular complexity index is 959. The van der Waals surface area contributed by atoms with Crippen LogP contribution in [0.1, 0.15) is 43.0 Å². The first-order chi connectivity index (χ1) is 11.7. The predicted octanol–water partition coefficient (Wildman–Crippen LogP) is 3.76. The fraction of sp³-hybridized carbons (Fsp3) is 0.316. The molecule has 1 atom stereocenters. The molecule has 130 valence electrons. The molecule has 0 aromatic heterocycles. The number of fused-ring (bicyclic) bond motifs is 1. The minimum Gasteiger partial charge on any atom is -0.377 e. The molecule has 3 rings (SSSR count). The molecule has 2 N–H and O–H groups in total. The van der Waals surface area contributed by atoms with E-state index in [1.807, 2.05) is 24.3 Å². The van der Waals surface area contributed by atoms with Gasteiger partial charge in [-0.3, -0.25) is 4.72 Å². The number of rotatable bonds is 3. The first kappa shape index (κ1) is 17.3. The number of nitrogens with zero attached hydrogens (tertiary/aromatic N) is 1. The van der Waals surface area contributed by atoms with Crippen LogP contribution in [0.15, 0.2) is 42.5 Å². The zero-order valence-corrected chi connectivity index (χ0v) is 15.3. The van der Waals surface area contributed by atoms with Gasteiger partial charge in [0.1, 0.15) is 6.07 Å². The van der Waals surface area contributed by atoms with Crippen molar-refractivity contribution in [3.05, 3.63) is 59.2 Å². The lowest BCUT2D eigenvalue weighted by Gasteiger charge is -2.39. The molecule has 2 aromatic carbocycles. The maximum absolute atomic E-state index is 11.7. The van der Waals surface area contributed by atoms with Crippen molar-refractivity contribution in [3.8, 4) is 6.07 Å². The molecular formula is C19H21N3O2S. The van der Waals surface area contributed by atoms with Gasteiger partial charge in [0.15, 0.2) is 0 Å². The first-order valence-corrected chi connectivity index (χ1v) is 9.97. The number of nitrogens with one attached hydrogen (secondary N) is 2. The monoisotopic (exact) mass is 355 g/mol. The molecule has 2 aromatic rings. The van der Waals surface area contributed by atoms with Crippen LogP contribution in [-0.4, -0.2) is 14.7 Å². The van der Waals surface area contributed by atoms with Crippen LogP contribution in [0.25, 0.3) is 0 Å². The third-order valence-electron chi connectivity index (χ3n) is 4.58. The largest absolute Gasteiger partial charge is 0.377 e. The van der Waals surface area contributed by atoms with E-state index in [9.17, 15) is 13.7 Å². The van der Waals surface area contributed by atoms with Gasteiger partial charge in [-0.25, -0.2) is 8.42 Å². The van der Waals surface area contributed by atoms with Gasteiger partial charge in [0.05, 0.1) is 29.2 Å². The summed E-state index contributed by atoms with van der Waals surface area (Å²) in [4.78, 5) is 0. The van der Waals surface area contributed by atoms with Gasteiger partial charge >= 0.3 is 0 Å². The molecule has 1 heterocycles. The van der Waals surface area contributed by atoms with E-state index in [-0.39, 0.29) is 11.5 Å². The van der Waals surface area contributed by atoms with Gasteiger partial charge in [-0.2, -0.15) is 5.26 Å². The van der Waals surface area contributed by atoms with E-state index in [2.05, 4.69) is 30.0 Å². The van der Waals surface area contributed by atoms with Crippen LogP contribution in [0.5, 0.6) is 0 Å². The van der Waals surface area contributed by atoms with Gasteiger partial charge < -0.3 is 5.32 Å². The number of nitriles is 1. The molecule has 0 spiro atoms. The molecule has 6 heteroatoms.